The van der Waals surface area contributed by atoms with Crippen LogP contribution in [0.1, 0.15) is 0 Å². The Hall–Kier alpha value is -0.680. The quantitative estimate of drug-likeness (QED) is 0.622. The lowest BCUT2D eigenvalue weighted by Crippen LogP contribution is -2.07. The topological polar surface area (TPSA) is 47.0 Å². The number of hydrogen-bond donors (Lipinski definition) is 1. The highest BCUT2D eigenvalue weighted by Crippen LogP contribution is 2.27. The summed E-state index contributed by atoms with van der Waals surface area (Å²) in [6, 6.07) is 0. The van der Waals surface area contributed by atoms with E-state index in [0.717, 1.165) is 12.3 Å². The van der Waals surface area contributed by atoms with E-state index in [-0.39, 0.29) is 0 Å². The Labute approximate surface area is 92.4 Å². The minimum atomic E-state index is 0.328. The van der Waals surface area contributed by atoms with Crippen molar-refractivity contribution in [2.75, 3.05) is 31.0 Å². The maximum Gasteiger partial charge on any atom is 0.198 e. The van der Waals surface area contributed by atoms with E-state index in [4.69, 9.17) is 16.3 Å². The van der Waals surface area contributed by atoms with Crippen LogP contribution in [0.15, 0.2) is 6.33 Å². The summed E-state index contributed by atoms with van der Waals surface area (Å²) in [7, 11) is 1.55. The second-order valence-electron chi connectivity index (χ2n) is 2.47. The van der Waals surface area contributed by atoms with Gasteiger partial charge in [-0.1, -0.05) is 11.6 Å². The molecule has 0 aliphatic carbocycles. The Morgan fingerprint density at radius 2 is 2.36 bits per heavy atom. The van der Waals surface area contributed by atoms with Gasteiger partial charge in [0.15, 0.2) is 16.7 Å². The van der Waals surface area contributed by atoms with Crippen molar-refractivity contribution in [1.82, 2.24) is 9.97 Å². The van der Waals surface area contributed by atoms with Crippen LogP contribution in [0.5, 0.6) is 5.75 Å². The van der Waals surface area contributed by atoms with E-state index in [1.54, 1.807) is 18.9 Å². The number of halogens is 1. The summed E-state index contributed by atoms with van der Waals surface area (Å²) < 4.78 is 5.08. The molecule has 0 aliphatic heterocycles. The number of anilines is 1. The van der Waals surface area contributed by atoms with E-state index in [1.165, 1.54) is 6.33 Å². The molecule has 0 radical (unpaired) electrons. The van der Waals surface area contributed by atoms with E-state index < -0.39 is 0 Å². The third-order valence-corrected chi connectivity index (χ3v) is 2.44. The molecule has 0 amide bonds. The van der Waals surface area contributed by atoms with Gasteiger partial charge in [0, 0.05) is 12.3 Å². The fourth-order valence-electron chi connectivity index (χ4n) is 0.931. The number of rotatable bonds is 5. The van der Waals surface area contributed by atoms with E-state index in [1.807, 2.05) is 6.26 Å². The molecule has 1 aromatic heterocycles. The number of nitrogens with zero attached hydrogens (tertiary/aromatic N) is 2. The molecule has 0 unspecified atom stereocenters. The molecule has 0 fully saturated rings. The summed E-state index contributed by atoms with van der Waals surface area (Å²) in [5.74, 6) is 2.14. The molecule has 4 nitrogen and oxygen atoms in total. The summed E-state index contributed by atoms with van der Waals surface area (Å²) in [5.41, 5.74) is 0. The van der Waals surface area contributed by atoms with Crippen LogP contribution in [0.3, 0.4) is 0 Å². The first-order valence-electron chi connectivity index (χ1n) is 4.07. The van der Waals surface area contributed by atoms with Crippen molar-refractivity contribution >= 4 is 29.2 Å². The Morgan fingerprint density at radius 1 is 1.57 bits per heavy atom. The predicted molar refractivity (Wildman–Crippen MR) is 60.5 cm³/mol. The van der Waals surface area contributed by atoms with Gasteiger partial charge in [-0.05, 0) is 6.26 Å². The summed E-state index contributed by atoms with van der Waals surface area (Å²) in [6.07, 6.45) is 3.46. The van der Waals surface area contributed by atoms with Gasteiger partial charge in [0.05, 0.1) is 7.11 Å². The first-order chi connectivity index (χ1) is 6.79. The van der Waals surface area contributed by atoms with Crippen molar-refractivity contribution in [2.24, 2.45) is 0 Å². The van der Waals surface area contributed by atoms with Gasteiger partial charge in [0.25, 0.3) is 0 Å². The molecule has 14 heavy (non-hydrogen) atoms. The second kappa shape index (κ2) is 5.93. The van der Waals surface area contributed by atoms with Gasteiger partial charge in [0.2, 0.25) is 0 Å². The van der Waals surface area contributed by atoms with Crippen molar-refractivity contribution in [3.8, 4) is 5.75 Å². The molecule has 1 aromatic rings. The average Bonchev–Trinajstić information content (AvgIpc) is 2.18. The van der Waals surface area contributed by atoms with Crippen LogP contribution in [-0.2, 0) is 0 Å². The molecular weight excluding hydrogens is 222 g/mol. The monoisotopic (exact) mass is 233 g/mol. The lowest BCUT2D eigenvalue weighted by molar-refractivity contribution is 0.413. The zero-order valence-electron chi connectivity index (χ0n) is 8.08. The molecular formula is C8H12ClN3OS. The summed E-state index contributed by atoms with van der Waals surface area (Å²) in [5, 5.41) is 3.45. The number of hydrogen-bond acceptors (Lipinski definition) is 5. The van der Waals surface area contributed by atoms with Crippen molar-refractivity contribution in [3.63, 3.8) is 0 Å². The van der Waals surface area contributed by atoms with Gasteiger partial charge >= 0.3 is 0 Å². The minimum absolute atomic E-state index is 0.328. The molecule has 6 heteroatoms. The lowest BCUT2D eigenvalue weighted by Gasteiger charge is -2.09. The number of aromatic nitrogens is 2. The summed E-state index contributed by atoms with van der Waals surface area (Å²) >= 11 is 7.58. The number of thioether (sulfide) groups is 1. The van der Waals surface area contributed by atoms with Crippen molar-refractivity contribution in [2.45, 2.75) is 0 Å². The van der Waals surface area contributed by atoms with Crippen molar-refractivity contribution < 1.29 is 4.74 Å². The van der Waals surface area contributed by atoms with Crippen molar-refractivity contribution in [3.05, 3.63) is 11.5 Å². The van der Waals surface area contributed by atoms with Crippen LogP contribution in [0.2, 0.25) is 5.15 Å². The summed E-state index contributed by atoms with van der Waals surface area (Å²) in [6.45, 7) is 0.824. The van der Waals surface area contributed by atoms with Gasteiger partial charge in [-0.15, -0.1) is 0 Å². The van der Waals surface area contributed by atoms with Gasteiger partial charge < -0.3 is 10.1 Å². The fourth-order valence-corrected chi connectivity index (χ4v) is 1.45. The Balaban J connectivity index is 2.70. The third kappa shape index (κ3) is 2.92. The zero-order chi connectivity index (χ0) is 10.4. The average molecular weight is 234 g/mol. The number of methoxy groups -OCH3 is 1. The second-order valence-corrected chi connectivity index (χ2v) is 3.81. The van der Waals surface area contributed by atoms with Crippen LogP contribution >= 0.6 is 23.4 Å². The largest absolute Gasteiger partial charge is 0.490 e. The third-order valence-electron chi connectivity index (χ3n) is 1.56. The smallest absolute Gasteiger partial charge is 0.198 e. The molecule has 1 N–H and O–H groups in total. The molecule has 0 aliphatic rings. The Morgan fingerprint density at radius 3 is 3.00 bits per heavy atom. The molecule has 0 bridgehead atoms. The number of ether oxygens (including phenoxy) is 1. The highest BCUT2D eigenvalue weighted by atomic mass is 35.5. The van der Waals surface area contributed by atoms with E-state index in [9.17, 15) is 0 Å². The lowest BCUT2D eigenvalue weighted by atomic mass is 10.5. The maximum atomic E-state index is 5.82. The highest BCUT2D eigenvalue weighted by molar-refractivity contribution is 7.98. The Bertz CT molecular complexity index is 298. The van der Waals surface area contributed by atoms with Crippen LogP contribution in [0, 0.1) is 0 Å². The standard InChI is InChI=1S/C8H12ClN3OS/c1-13-6-7(9)11-5-12-8(6)10-3-4-14-2/h5H,3-4H2,1-2H3,(H,10,11,12). The molecule has 0 aromatic carbocycles. The van der Waals surface area contributed by atoms with Gasteiger partial charge in [-0.25, -0.2) is 9.97 Å². The Kier molecular flexibility index (Phi) is 4.82. The maximum absolute atomic E-state index is 5.82. The molecule has 0 atom stereocenters. The molecule has 1 heterocycles. The SMILES string of the molecule is COc1c(Cl)ncnc1NCCSC. The van der Waals surface area contributed by atoms with Crippen LogP contribution in [0.25, 0.3) is 0 Å². The zero-order valence-corrected chi connectivity index (χ0v) is 9.65. The summed E-state index contributed by atoms with van der Waals surface area (Å²) in [4.78, 5) is 7.86. The molecule has 0 spiro atoms. The van der Waals surface area contributed by atoms with Crippen molar-refractivity contribution in [1.29, 1.82) is 0 Å². The van der Waals surface area contributed by atoms with Gasteiger partial charge in [0.1, 0.15) is 6.33 Å². The highest BCUT2D eigenvalue weighted by Gasteiger charge is 2.08. The predicted octanol–water partition coefficient (Wildman–Crippen LogP) is 1.91. The fraction of sp³-hybridized carbons (Fsp3) is 0.500. The first-order valence-corrected chi connectivity index (χ1v) is 5.84. The van der Waals surface area contributed by atoms with E-state index in [2.05, 4.69) is 15.3 Å². The molecule has 0 saturated carbocycles. The molecule has 1 rings (SSSR count). The molecule has 0 saturated heterocycles. The first kappa shape index (κ1) is 11.4. The van der Waals surface area contributed by atoms with E-state index in [0.29, 0.717) is 16.7 Å². The minimum Gasteiger partial charge on any atom is -0.490 e. The van der Waals surface area contributed by atoms with E-state index >= 15 is 0 Å². The van der Waals surface area contributed by atoms with Gasteiger partial charge in [-0.2, -0.15) is 11.8 Å². The van der Waals surface area contributed by atoms with Crippen LogP contribution in [-0.4, -0.2) is 35.6 Å². The van der Waals surface area contributed by atoms with Crippen LogP contribution in [0.4, 0.5) is 5.82 Å². The van der Waals surface area contributed by atoms with Gasteiger partial charge in [-0.3, -0.25) is 0 Å². The number of nitrogens with one attached hydrogen (secondary N) is 1. The molecule has 78 valence electrons. The van der Waals surface area contributed by atoms with Crippen LogP contribution < -0.4 is 10.1 Å². The normalized spacial score (nSPS) is 9.93.